The van der Waals surface area contributed by atoms with Gasteiger partial charge in [-0.1, -0.05) is 23.4 Å². The number of thiophene rings is 1. The molecule has 0 fully saturated rings. The van der Waals surface area contributed by atoms with E-state index in [2.05, 4.69) is 15.5 Å². The van der Waals surface area contributed by atoms with E-state index in [0.29, 0.717) is 20.7 Å². The summed E-state index contributed by atoms with van der Waals surface area (Å²) in [5.41, 5.74) is 6.47. The lowest BCUT2D eigenvalue weighted by molar-refractivity contribution is -0.113. The quantitative estimate of drug-likeness (QED) is 0.494. The summed E-state index contributed by atoms with van der Waals surface area (Å²) < 4.78 is 1.92. The molecule has 3 aromatic rings. The number of benzene rings is 1. The van der Waals surface area contributed by atoms with E-state index < -0.39 is 5.91 Å². The summed E-state index contributed by atoms with van der Waals surface area (Å²) in [6.45, 7) is 2.03. The van der Waals surface area contributed by atoms with Crippen molar-refractivity contribution < 1.29 is 9.59 Å². The Hall–Kier alpha value is -2.40. The van der Waals surface area contributed by atoms with Crippen molar-refractivity contribution in [3.63, 3.8) is 0 Å². The third-order valence-corrected chi connectivity index (χ3v) is 6.42. The number of hydrogen-bond donors (Lipinski definition) is 2. The average molecular weight is 465 g/mol. The SMILES string of the molecule is C[C@@H](c1nnc(SCC(=O)Nc2sccc2C(N)=O)n1-c1ccc(Cl)cc1)N(C)C. The van der Waals surface area contributed by atoms with Gasteiger partial charge in [-0.3, -0.25) is 19.1 Å². The van der Waals surface area contributed by atoms with Crippen LogP contribution in [0.1, 0.15) is 29.1 Å². The van der Waals surface area contributed by atoms with Crippen LogP contribution in [0.4, 0.5) is 5.00 Å². The Morgan fingerprint density at radius 2 is 1.97 bits per heavy atom. The third kappa shape index (κ3) is 5.01. The number of nitrogens with two attached hydrogens (primary N) is 1. The monoisotopic (exact) mass is 464 g/mol. The van der Waals surface area contributed by atoms with E-state index in [0.717, 1.165) is 11.5 Å². The van der Waals surface area contributed by atoms with Crippen molar-refractivity contribution in [2.45, 2.75) is 18.1 Å². The van der Waals surface area contributed by atoms with Crippen molar-refractivity contribution in [2.75, 3.05) is 25.2 Å². The molecule has 0 radical (unpaired) electrons. The first-order valence-corrected chi connectivity index (χ1v) is 11.2. The largest absolute Gasteiger partial charge is 0.366 e. The number of nitrogens with zero attached hydrogens (tertiary/aromatic N) is 4. The number of thioether (sulfide) groups is 1. The van der Waals surface area contributed by atoms with Crippen molar-refractivity contribution in [2.24, 2.45) is 5.73 Å². The minimum atomic E-state index is -0.580. The molecule has 3 rings (SSSR count). The molecule has 0 spiro atoms. The van der Waals surface area contributed by atoms with E-state index >= 15 is 0 Å². The Balaban J connectivity index is 1.81. The molecule has 30 heavy (non-hydrogen) atoms. The predicted molar refractivity (Wildman–Crippen MR) is 121 cm³/mol. The fraction of sp³-hybridized carbons (Fsp3) is 0.263. The number of nitrogens with one attached hydrogen (secondary N) is 1. The number of hydrogen-bond acceptors (Lipinski definition) is 7. The molecule has 0 bridgehead atoms. The molecule has 2 amide bonds. The maximum absolute atomic E-state index is 12.4. The van der Waals surface area contributed by atoms with Gasteiger partial charge in [-0.2, -0.15) is 0 Å². The maximum Gasteiger partial charge on any atom is 0.251 e. The van der Waals surface area contributed by atoms with Crippen LogP contribution >= 0.6 is 34.7 Å². The van der Waals surface area contributed by atoms with E-state index in [1.807, 2.05) is 42.6 Å². The summed E-state index contributed by atoms with van der Waals surface area (Å²) in [6, 6.07) is 8.94. The lowest BCUT2D eigenvalue weighted by atomic mass is 10.2. The van der Waals surface area contributed by atoms with Crippen LogP contribution in [0.15, 0.2) is 40.9 Å². The number of rotatable bonds is 8. The summed E-state index contributed by atoms with van der Waals surface area (Å²) in [6.07, 6.45) is 0. The molecule has 158 valence electrons. The third-order valence-electron chi connectivity index (χ3n) is 4.41. The van der Waals surface area contributed by atoms with Crippen LogP contribution in [0.2, 0.25) is 5.02 Å². The molecule has 0 aliphatic carbocycles. The van der Waals surface area contributed by atoms with E-state index in [-0.39, 0.29) is 17.7 Å². The van der Waals surface area contributed by atoms with Crippen LogP contribution in [0, 0.1) is 0 Å². The molecule has 8 nitrogen and oxygen atoms in total. The molecule has 0 unspecified atom stereocenters. The van der Waals surface area contributed by atoms with Gasteiger partial charge in [0.05, 0.1) is 17.4 Å². The molecule has 1 aromatic carbocycles. The van der Waals surface area contributed by atoms with Gasteiger partial charge >= 0.3 is 0 Å². The van der Waals surface area contributed by atoms with E-state index in [1.165, 1.54) is 23.1 Å². The van der Waals surface area contributed by atoms with Gasteiger partial charge in [0.1, 0.15) is 5.00 Å². The molecule has 0 saturated carbocycles. The molecule has 1 atom stereocenters. The first kappa shape index (κ1) is 22.3. The standard InChI is InChI=1S/C19H21ClN6O2S2/c1-11(25(2)3)17-23-24-19(26(17)13-6-4-12(20)5-7-13)30-10-15(27)22-18-14(16(21)28)8-9-29-18/h4-9,11H,10H2,1-3H3,(H2,21,28)(H,22,27)/t11-/m0/s1. The lowest BCUT2D eigenvalue weighted by Gasteiger charge is -2.20. The molecule has 11 heteroatoms. The van der Waals surface area contributed by atoms with Crippen LogP contribution in [-0.2, 0) is 4.79 Å². The number of anilines is 1. The number of carbonyl (C=O) groups excluding carboxylic acids is 2. The molecule has 0 aliphatic rings. The fourth-order valence-electron chi connectivity index (χ4n) is 2.60. The van der Waals surface area contributed by atoms with Crippen LogP contribution < -0.4 is 11.1 Å². The molecular weight excluding hydrogens is 444 g/mol. The molecular formula is C19H21ClN6O2S2. The topological polar surface area (TPSA) is 106 Å². The number of aromatic nitrogens is 3. The van der Waals surface area contributed by atoms with Gasteiger partial charge in [-0.25, -0.2) is 0 Å². The molecule has 0 saturated heterocycles. The predicted octanol–water partition coefficient (Wildman–Crippen LogP) is 3.43. The highest BCUT2D eigenvalue weighted by atomic mass is 35.5. The van der Waals surface area contributed by atoms with Gasteiger partial charge < -0.3 is 11.1 Å². The molecule has 0 aliphatic heterocycles. The highest BCUT2D eigenvalue weighted by Gasteiger charge is 2.22. The van der Waals surface area contributed by atoms with Crippen LogP contribution in [-0.4, -0.2) is 51.3 Å². The lowest BCUT2D eigenvalue weighted by Crippen LogP contribution is -2.21. The second-order valence-corrected chi connectivity index (χ2v) is 8.95. The summed E-state index contributed by atoms with van der Waals surface area (Å²) in [5.74, 6) is -0.000597. The van der Waals surface area contributed by atoms with Crippen molar-refractivity contribution in [1.82, 2.24) is 19.7 Å². The Morgan fingerprint density at radius 3 is 2.60 bits per heavy atom. The van der Waals surface area contributed by atoms with Gasteiger partial charge in [0.2, 0.25) is 5.91 Å². The number of primary amides is 1. The fourth-order valence-corrected chi connectivity index (χ4v) is 4.30. The van der Waals surface area contributed by atoms with Crippen LogP contribution in [0.3, 0.4) is 0 Å². The second-order valence-electron chi connectivity index (χ2n) is 6.66. The Bertz CT molecular complexity index is 1050. The highest BCUT2D eigenvalue weighted by Crippen LogP contribution is 2.28. The zero-order chi connectivity index (χ0) is 21.8. The summed E-state index contributed by atoms with van der Waals surface area (Å²) in [4.78, 5) is 25.9. The van der Waals surface area contributed by atoms with Gasteiger partial charge in [-0.15, -0.1) is 21.5 Å². The second kappa shape index (κ2) is 9.61. The summed E-state index contributed by atoms with van der Waals surface area (Å²) >= 11 is 8.53. The Morgan fingerprint density at radius 1 is 1.27 bits per heavy atom. The summed E-state index contributed by atoms with van der Waals surface area (Å²) in [5, 5.41) is 14.7. The number of amides is 2. The zero-order valence-electron chi connectivity index (χ0n) is 16.6. The number of carbonyl (C=O) groups is 2. The zero-order valence-corrected chi connectivity index (χ0v) is 19.0. The minimum Gasteiger partial charge on any atom is -0.366 e. The van der Waals surface area contributed by atoms with Crippen molar-refractivity contribution in [3.05, 3.63) is 52.1 Å². The van der Waals surface area contributed by atoms with Gasteiger partial charge in [0, 0.05) is 10.7 Å². The van der Waals surface area contributed by atoms with Crippen molar-refractivity contribution >= 4 is 51.5 Å². The van der Waals surface area contributed by atoms with E-state index in [4.69, 9.17) is 17.3 Å². The molecule has 3 N–H and O–H groups in total. The summed E-state index contributed by atoms with van der Waals surface area (Å²) in [7, 11) is 3.92. The molecule has 2 aromatic heterocycles. The first-order chi connectivity index (χ1) is 14.3. The average Bonchev–Trinajstić information content (AvgIpc) is 3.33. The van der Waals surface area contributed by atoms with Gasteiger partial charge in [0.15, 0.2) is 11.0 Å². The van der Waals surface area contributed by atoms with Gasteiger partial charge in [-0.05, 0) is 56.7 Å². The van der Waals surface area contributed by atoms with E-state index in [9.17, 15) is 9.59 Å². The highest BCUT2D eigenvalue weighted by molar-refractivity contribution is 7.99. The maximum atomic E-state index is 12.4. The van der Waals surface area contributed by atoms with Crippen molar-refractivity contribution in [3.8, 4) is 5.69 Å². The van der Waals surface area contributed by atoms with Gasteiger partial charge in [0.25, 0.3) is 5.91 Å². The van der Waals surface area contributed by atoms with E-state index in [1.54, 1.807) is 23.6 Å². The Kier molecular flexibility index (Phi) is 7.14. The smallest absolute Gasteiger partial charge is 0.251 e. The van der Waals surface area contributed by atoms with Crippen LogP contribution in [0.25, 0.3) is 5.69 Å². The Labute approximate surface area is 187 Å². The minimum absolute atomic E-state index is 0.000554. The van der Waals surface area contributed by atoms with Crippen molar-refractivity contribution in [1.29, 1.82) is 0 Å². The molecule has 2 heterocycles. The normalized spacial score (nSPS) is 12.2. The first-order valence-electron chi connectivity index (χ1n) is 8.95. The van der Waals surface area contributed by atoms with Crippen LogP contribution in [0.5, 0.6) is 0 Å². The number of halogens is 1.